The number of benzene rings is 1. The Kier molecular flexibility index (Phi) is 3.59. The Balaban J connectivity index is 2.32. The standard InChI is InChI=1S/C13H11F3N2O/c1-17-12-8-10(5-6-18-12)9-3-2-4-11(7-9)19-13(14,15)16/h2-8H,1H3,(H,17,18). The summed E-state index contributed by atoms with van der Waals surface area (Å²) in [5, 5.41) is 2.87. The minimum Gasteiger partial charge on any atom is -0.406 e. The molecule has 1 aromatic heterocycles. The highest BCUT2D eigenvalue weighted by Crippen LogP contribution is 2.28. The summed E-state index contributed by atoms with van der Waals surface area (Å²) in [4.78, 5) is 4.04. The van der Waals surface area contributed by atoms with E-state index in [-0.39, 0.29) is 5.75 Å². The normalized spacial score (nSPS) is 11.2. The molecular formula is C13H11F3N2O. The van der Waals surface area contributed by atoms with Gasteiger partial charge in [-0.1, -0.05) is 12.1 Å². The van der Waals surface area contributed by atoms with Crippen molar-refractivity contribution in [1.29, 1.82) is 0 Å². The number of nitrogens with zero attached hydrogens (tertiary/aromatic N) is 1. The Morgan fingerprint density at radius 3 is 2.53 bits per heavy atom. The average molecular weight is 268 g/mol. The Labute approximate surface area is 108 Å². The van der Waals surface area contributed by atoms with Crippen LogP contribution in [0.15, 0.2) is 42.6 Å². The summed E-state index contributed by atoms with van der Waals surface area (Å²) in [6.07, 6.45) is -3.11. The Morgan fingerprint density at radius 2 is 1.84 bits per heavy atom. The minimum atomic E-state index is -4.69. The van der Waals surface area contributed by atoms with E-state index in [0.717, 1.165) is 5.56 Å². The second-order valence-electron chi connectivity index (χ2n) is 3.76. The zero-order chi connectivity index (χ0) is 13.9. The third kappa shape index (κ3) is 3.61. The van der Waals surface area contributed by atoms with Crippen molar-refractivity contribution < 1.29 is 17.9 Å². The van der Waals surface area contributed by atoms with Crippen molar-refractivity contribution >= 4 is 5.82 Å². The largest absolute Gasteiger partial charge is 0.573 e. The number of pyridine rings is 1. The number of alkyl halides is 3. The van der Waals surface area contributed by atoms with Crippen molar-refractivity contribution in [3.8, 4) is 16.9 Å². The molecule has 6 heteroatoms. The van der Waals surface area contributed by atoms with Gasteiger partial charge in [-0.05, 0) is 35.4 Å². The lowest BCUT2D eigenvalue weighted by molar-refractivity contribution is -0.274. The molecule has 0 saturated heterocycles. The highest BCUT2D eigenvalue weighted by molar-refractivity contribution is 5.67. The molecule has 0 unspecified atom stereocenters. The van der Waals surface area contributed by atoms with Crippen LogP contribution in [0.4, 0.5) is 19.0 Å². The third-order valence-corrected chi connectivity index (χ3v) is 2.42. The van der Waals surface area contributed by atoms with E-state index in [0.29, 0.717) is 11.4 Å². The fraction of sp³-hybridized carbons (Fsp3) is 0.154. The number of rotatable bonds is 3. The molecule has 0 amide bonds. The molecule has 0 saturated carbocycles. The Morgan fingerprint density at radius 1 is 1.11 bits per heavy atom. The van der Waals surface area contributed by atoms with Gasteiger partial charge in [-0.2, -0.15) is 0 Å². The monoisotopic (exact) mass is 268 g/mol. The Hall–Kier alpha value is -2.24. The number of hydrogen-bond donors (Lipinski definition) is 1. The van der Waals surface area contributed by atoms with E-state index >= 15 is 0 Å². The lowest BCUT2D eigenvalue weighted by Crippen LogP contribution is -2.17. The number of aromatic nitrogens is 1. The molecule has 1 heterocycles. The summed E-state index contributed by atoms with van der Waals surface area (Å²) in [5.74, 6) is 0.396. The van der Waals surface area contributed by atoms with Crippen molar-refractivity contribution in [1.82, 2.24) is 4.98 Å². The second-order valence-corrected chi connectivity index (χ2v) is 3.76. The minimum absolute atomic E-state index is 0.243. The second kappa shape index (κ2) is 5.17. The quantitative estimate of drug-likeness (QED) is 0.921. The Bertz CT molecular complexity index is 570. The molecule has 19 heavy (non-hydrogen) atoms. The van der Waals surface area contributed by atoms with Gasteiger partial charge in [-0.15, -0.1) is 13.2 Å². The SMILES string of the molecule is CNc1cc(-c2cccc(OC(F)(F)F)c2)ccn1. The first-order chi connectivity index (χ1) is 8.98. The average Bonchev–Trinajstić information content (AvgIpc) is 2.37. The van der Waals surface area contributed by atoms with Gasteiger partial charge in [0.15, 0.2) is 0 Å². The smallest absolute Gasteiger partial charge is 0.406 e. The maximum Gasteiger partial charge on any atom is 0.573 e. The fourth-order valence-electron chi connectivity index (χ4n) is 1.62. The number of halogens is 3. The molecule has 0 atom stereocenters. The molecule has 1 aromatic carbocycles. The van der Waals surface area contributed by atoms with Crippen LogP contribution < -0.4 is 10.1 Å². The van der Waals surface area contributed by atoms with Gasteiger partial charge < -0.3 is 10.1 Å². The lowest BCUT2D eigenvalue weighted by atomic mass is 10.1. The van der Waals surface area contributed by atoms with Gasteiger partial charge in [0, 0.05) is 13.2 Å². The lowest BCUT2D eigenvalue weighted by Gasteiger charge is -2.10. The first kappa shape index (κ1) is 13.2. The zero-order valence-corrected chi connectivity index (χ0v) is 10.0. The number of ether oxygens (including phenoxy) is 1. The summed E-state index contributed by atoms with van der Waals surface area (Å²) in [6, 6.07) is 9.27. The molecule has 1 N–H and O–H groups in total. The predicted octanol–water partition coefficient (Wildman–Crippen LogP) is 3.69. The molecule has 2 aromatic rings. The molecule has 3 nitrogen and oxygen atoms in total. The maximum absolute atomic E-state index is 12.2. The van der Waals surface area contributed by atoms with Crippen LogP contribution >= 0.6 is 0 Å². The van der Waals surface area contributed by atoms with E-state index in [1.807, 2.05) is 0 Å². The van der Waals surface area contributed by atoms with E-state index in [9.17, 15) is 13.2 Å². The first-order valence-corrected chi connectivity index (χ1v) is 5.48. The molecule has 0 fully saturated rings. The molecule has 0 aliphatic heterocycles. The highest BCUT2D eigenvalue weighted by Gasteiger charge is 2.31. The highest BCUT2D eigenvalue weighted by atomic mass is 19.4. The van der Waals surface area contributed by atoms with Gasteiger partial charge in [0.05, 0.1) is 0 Å². The van der Waals surface area contributed by atoms with Gasteiger partial charge in [0.25, 0.3) is 0 Å². The van der Waals surface area contributed by atoms with E-state index in [4.69, 9.17) is 0 Å². The molecule has 0 spiro atoms. The van der Waals surface area contributed by atoms with Crippen LogP contribution in [0.5, 0.6) is 5.75 Å². The van der Waals surface area contributed by atoms with Crippen molar-refractivity contribution in [2.75, 3.05) is 12.4 Å². The summed E-state index contributed by atoms with van der Waals surface area (Å²) in [6.45, 7) is 0. The van der Waals surface area contributed by atoms with Gasteiger partial charge in [0.2, 0.25) is 0 Å². The third-order valence-electron chi connectivity index (χ3n) is 2.42. The summed E-state index contributed by atoms with van der Waals surface area (Å²) in [7, 11) is 1.72. The number of nitrogens with one attached hydrogen (secondary N) is 1. The predicted molar refractivity (Wildman–Crippen MR) is 65.9 cm³/mol. The molecule has 0 aliphatic carbocycles. The van der Waals surface area contributed by atoms with Gasteiger partial charge in [-0.3, -0.25) is 0 Å². The van der Waals surface area contributed by atoms with Crippen LogP contribution in [0, 0.1) is 0 Å². The van der Waals surface area contributed by atoms with Crippen LogP contribution in [0.1, 0.15) is 0 Å². The molecule has 0 aliphatic rings. The number of anilines is 1. The molecule has 100 valence electrons. The van der Waals surface area contributed by atoms with Crippen LogP contribution in [-0.4, -0.2) is 18.4 Å². The van der Waals surface area contributed by atoms with Crippen LogP contribution in [0.2, 0.25) is 0 Å². The first-order valence-electron chi connectivity index (χ1n) is 5.48. The van der Waals surface area contributed by atoms with Crippen LogP contribution in [0.3, 0.4) is 0 Å². The van der Waals surface area contributed by atoms with E-state index < -0.39 is 6.36 Å². The zero-order valence-electron chi connectivity index (χ0n) is 10.0. The summed E-state index contributed by atoms with van der Waals surface area (Å²) in [5.41, 5.74) is 1.38. The van der Waals surface area contributed by atoms with Gasteiger partial charge >= 0.3 is 6.36 Å². The summed E-state index contributed by atoms with van der Waals surface area (Å²) < 4.78 is 40.3. The van der Waals surface area contributed by atoms with Crippen LogP contribution in [-0.2, 0) is 0 Å². The van der Waals surface area contributed by atoms with E-state index in [1.54, 1.807) is 31.4 Å². The topological polar surface area (TPSA) is 34.1 Å². The van der Waals surface area contributed by atoms with Crippen molar-refractivity contribution in [2.45, 2.75) is 6.36 Å². The van der Waals surface area contributed by atoms with Gasteiger partial charge in [-0.25, -0.2) is 4.98 Å². The van der Waals surface area contributed by atoms with Crippen molar-refractivity contribution in [2.24, 2.45) is 0 Å². The molecule has 0 radical (unpaired) electrons. The van der Waals surface area contributed by atoms with Crippen molar-refractivity contribution in [3.05, 3.63) is 42.6 Å². The molecule has 0 bridgehead atoms. The maximum atomic E-state index is 12.2. The fourth-order valence-corrected chi connectivity index (χ4v) is 1.62. The number of hydrogen-bond acceptors (Lipinski definition) is 3. The van der Waals surface area contributed by atoms with E-state index in [1.165, 1.54) is 18.2 Å². The van der Waals surface area contributed by atoms with Crippen molar-refractivity contribution in [3.63, 3.8) is 0 Å². The van der Waals surface area contributed by atoms with Gasteiger partial charge in [0.1, 0.15) is 11.6 Å². The summed E-state index contributed by atoms with van der Waals surface area (Å²) >= 11 is 0. The molecule has 2 rings (SSSR count). The van der Waals surface area contributed by atoms with Crippen LogP contribution in [0.25, 0.3) is 11.1 Å². The van der Waals surface area contributed by atoms with E-state index in [2.05, 4.69) is 15.0 Å². The molecular weight excluding hydrogens is 257 g/mol.